The molecule has 192 valence electrons. The van der Waals surface area contributed by atoms with Gasteiger partial charge in [0.2, 0.25) is 0 Å². The van der Waals surface area contributed by atoms with Crippen LogP contribution in [0.25, 0.3) is 33.7 Å². The number of halogens is 2. The molecular formula is C30H33F2N5. The van der Waals surface area contributed by atoms with Crippen LogP contribution >= 0.6 is 0 Å². The topological polar surface area (TPSA) is 66.5 Å². The number of aromatic amines is 1. The van der Waals surface area contributed by atoms with Gasteiger partial charge in [-0.05, 0) is 60.5 Å². The number of pyridine rings is 1. The highest BCUT2D eigenvalue weighted by Crippen LogP contribution is 2.46. The SMILES string of the molecule is CC1C2CCC(CC2)C1Nc1nc(-c2c[nH]c3ncc(F)cc23)nc(-c2ccc(C(C)(C)C)cc2)c1F. The first-order chi connectivity index (χ1) is 17.7. The molecule has 0 spiro atoms. The smallest absolute Gasteiger partial charge is 0.191 e. The lowest BCUT2D eigenvalue weighted by Gasteiger charge is -2.47. The second-order valence-corrected chi connectivity index (χ2v) is 11.8. The molecule has 0 saturated heterocycles. The van der Waals surface area contributed by atoms with Gasteiger partial charge in [-0.25, -0.2) is 23.7 Å². The second-order valence-electron chi connectivity index (χ2n) is 11.8. The van der Waals surface area contributed by atoms with Crippen molar-refractivity contribution in [2.24, 2.45) is 17.8 Å². The van der Waals surface area contributed by atoms with E-state index in [0.717, 1.165) is 5.56 Å². The molecular weight excluding hydrogens is 468 g/mol. The van der Waals surface area contributed by atoms with Gasteiger partial charge in [-0.1, -0.05) is 52.0 Å². The normalized spacial score (nSPS) is 23.5. The molecule has 2 atom stereocenters. The fourth-order valence-electron chi connectivity index (χ4n) is 6.31. The molecule has 2 bridgehead atoms. The third kappa shape index (κ3) is 4.28. The Morgan fingerprint density at radius 3 is 2.35 bits per heavy atom. The van der Waals surface area contributed by atoms with E-state index in [9.17, 15) is 4.39 Å². The highest BCUT2D eigenvalue weighted by Gasteiger charge is 2.41. The van der Waals surface area contributed by atoms with Gasteiger partial charge >= 0.3 is 0 Å². The van der Waals surface area contributed by atoms with Gasteiger partial charge in [-0.2, -0.15) is 0 Å². The minimum absolute atomic E-state index is 0.0157. The summed E-state index contributed by atoms with van der Waals surface area (Å²) in [5.74, 6) is 1.28. The Morgan fingerprint density at radius 1 is 0.973 bits per heavy atom. The fraction of sp³-hybridized carbons (Fsp3) is 0.433. The average Bonchev–Trinajstić information content (AvgIpc) is 3.30. The third-order valence-corrected chi connectivity index (χ3v) is 8.55. The summed E-state index contributed by atoms with van der Waals surface area (Å²) in [4.78, 5) is 16.6. The van der Waals surface area contributed by atoms with Gasteiger partial charge < -0.3 is 10.3 Å². The van der Waals surface area contributed by atoms with Crippen LogP contribution in [0.15, 0.2) is 42.7 Å². The highest BCUT2D eigenvalue weighted by molar-refractivity contribution is 5.92. The van der Waals surface area contributed by atoms with Crippen LogP contribution in [0.5, 0.6) is 0 Å². The molecule has 3 heterocycles. The number of hydrogen-bond donors (Lipinski definition) is 2. The van der Waals surface area contributed by atoms with E-state index in [-0.39, 0.29) is 23.0 Å². The first-order valence-corrected chi connectivity index (χ1v) is 13.3. The third-order valence-electron chi connectivity index (χ3n) is 8.55. The molecule has 3 fully saturated rings. The average molecular weight is 502 g/mol. The molecule has 3 saturated carbocycles. The quantitative estimate of drug-likeness (QED) is 0.304. The molecule has 3 aromatic heterocycles. The fourth-order valence-corrected chi connectivity index (χ4v) is 6.31. The van der Waals surface area contributed by atoms with Crippen molar-refractivity contribution in [2.75, 3.05) is 5.32 Å². The molecule has 1 aromatic carbocycles. The summed E-state index contributed by atoms with van der Waals surface area (Å²) >= 11 is 0. The first kappa shape index (κ1) is 24.0. The highest BCUT2D eigenvalue weighted by atomic mass is 19.1. The van der Waals surface area contributed by atoms with Gasteiger partial charge in [-0.15, -0.1) is 0 Å². The van der Waals surface area contributed by atoms with E-state index >= 15 is 4.39 Å². The van der Waals surface area contributed by atoms with E-state index < -0.39 is 11.6 Å². The lowest BCUT2D eigenvalue weighted by molar-refractivity contribution is 0.0926. The minimum atomic E-state index is -0.454. The Morgan fingerprint density at radius 2 is 1.68 bits per heavy atom. The lowest BCUT2D eigenvalue weighted by atomic mass is 9.62. The molecule has 2 N–H and O–H groups in total. The van der Waals surface area contributed by atoms with Gasteiger partial charge in [0.15, 0.2) is 17.5 Å². The number of fused-ring (bicyclic) bond motifs is 4. The van der Waals surface area contributed by atoms with Gasteiger partial charge in [0.1, 0.15) is 17.2 Å². The Hall–Kier alpha value is -3.35. The van der Waals surface area contributed by atoms with Crippen LogP contribution in [-0.4, -0.2) is 26.0 Å². The summed E-state index contributed by atoms with van der Waals surface area (Å²) in [6.45, 7) is 8.72. The molecule has 7 rings (SSSR count). The van der Waals surface area contributed by atoms with Crippen LogP contribution in [-0.2, 0) is 5.41 Å². The van der Waals surface area contributed by atoms with E-state index in [1.165, 1.54) is 37.9 Å². The van der Waals surface area contributed by atoms with Crippen LogP contribution in [0.2, 0.25) is 0 Å². The predicted octanol–water partition coefficient (Wildman–Crippen LogP) is 7.50. The van der Waals surface area contributed by atoms with Crippen molar-refractivity contribution in [1.29, 1.82) is 0 Å². The minimum Gasteiger partial charge on any atom is -0.364 e. The van der Waals surface area contributed by atoms with Crippen molar-refractivity contribution < 1.29 is 8.78 Å². The van der Waals surface area contributed by atoms with E-state index in [2.05, 4.69) is 52.9 Å². The van der Waals surface area contributed by atoms with Crippen molar-refractivity contribution in [3.63, 3.8) is 0 Å². The Kier molecular flexibility index (Phi) is 5.77. The van der Waals surface area contributed by atoms with Crippen LogP contribution in [0.1, 0.15) is 58.9 Å². The van der Waals surface area contributed by atoms with Crippen molar-refractivity contribution in [1.82, 2.24) is 19.9 Å². The van der Waals surface area contributed by atoms with Crippen molar-refractivity contribution in [3.8, 4) is 22.6 Å². The Labute approximate surface area is 216 Å². The molecule has 0 radical (unpaired) electrons. The molecule has 4 aromatic rings. The molecule has 0 amide bonds. The number of H-pyrrole nitrogens is 1. The summed E-state index contributed by atoms with van der Waals surface area (Å²) in [6, 6.07) is 9.47. The van der Waals surface area contributed by atoms with Gasteiger partial charge in [-0.3, -0.25) is 0 Å². The van der Waals surface area contributed by atoms with E-state index in [1.807, 2.05) is 24.3 Å². The molecule has 5 nitrogen and oxygen atoms in total. The zero-order chi connectivity index (χ0) is 25.9. The van der Waals surface area contributed by atoms with Gasteiger partial charge in [0.05, 0.1) is 6.20 Å². The predicted molar refractivity (Wildman–Crippen MR) is 143 cm³/mol. The number of nitrogens with one attached hydrogen (secondary N) is 2. The molecule has 3 aliphatic rings. The Balaban J connectivity index is 1.48. The first-order valence-electron chi connectivity index (χ1n) is 13.3. The maximum Gasteiger partial charge on any atom is 0.191 e. The maximum absolute atomic E-state index is 16.1. The molecule has 0 aliphatic heterocycles. The largest absolute Gasteiger partial charge is 0.364 e. The number of rotatable bonds is 4. The monoisotopic (exact) mass is 501 g/mol. The summed E-state index contributed by atoms with van der Waals surface area (Å²) in [5, 5.41) is 4.08. The van der Waals surface area contributed by atoms with Gasteiger partial charge in [0, 0.05) is 28.8 Å². The zero-order valence-electron chi connectivity index (χ0n) is 21.8. The standard InChI is InChI=1S/C30H33F2N5/c1-16-17-5-7-18(8-6-17)25(16)35-29-24(32)26(19-9-11-20(12-10-19)30(2,3)4)36-28(37-29)23-15-34-27-22(23)13-21(31)14-33-27/h9-18,25H,5-8H2,1-4H3,(H,33,34)(H,35,36,37). The summed E-state index contributed by atoms with van der Waals surface area (Å²) < 4.78 is 30.2. The second kappa shape index (κ2) is 8.89. The lowest BCUT2D eigenvalue weighted by Crippen LogP contribution is -2.47. The van der Waals surface area contributed by atoms with Crippen molar-refractivity contribution >= 4 is 16.9 Å². The van der Waals surface area contributed by atoms with Gasteiger partial charge in [0.25, 0.3) is 0 Å². The van der Waals surface area contributed by atoms with Crippen molar-refractivity contribution in [3.05, 3.63) is 59.9 Å². The van der Waals surface area contributed by atoms with Crippen molar-refractivity contribution in [2.45, 2.75) is 64.8 Å². The summed E-state index contributed by atoms with van der Waals surface area (Å²) in [6.07, 6.45) is 7.72. The maximum atomic E-state index is 16.1. The number of aromatic nitrogens is 4. The zero-order valence-corrected chi connectivity index (χ0v) is 21.8. The summed E-state index contributed by atoms with van der Waals surface area (Å²) in [7, 11) is 0. The van der Waals surface area contributed by atoms with Crippen LogP contribution in [0.3, 0.4) is 0 Å². The van der Waals surface area contributed by atoms with Crippen LogP contribution < -0.4 is 5.32 Å². The molecule has 2 unspecified atom stereocenters. The van der Waals surface area contributed by atoms with E-state index in [1.54, 1.807) is 6.20 Å². The molecule has 7 heteroatoms. The van der Waals surface area contributed by atoms with E-state index in [4.69, 9.17) is 0 Å². The number of benzene rings is 1. The number of nitrogens with zero attached hydrogens (tertiary/aromatic N) is 3. The summed E-state index contributed by atoms with van der Waals surface area (Å²) in [5.41, 5.74) is 3.19. The molecule has 37 heavy (non-hydrogen) atoms. The van der Waals surface area contributed by atoms with Crippen LogP contribution in [0.4, 0.5) is 14.6 Å². The molecule has 3 aliphatic carbocycles. The Bertz CT molecular complexity index is 1440. The van der Waals surface area contributed by atoms with Crippen LogP contribution in [0, 0.1) is 29.4 Å². The van der Waals surface area contributed by atoms with E-state index in [0.29, 0.717) is 45.7 Å². The number of anilines is 1. The number of hydrogen-bond acceptors (Lipinski definition) is 4.